The predicted octanol–water partition coefficient (Wildman–Crippen LogP) is 2.31. The molecule has 2 aromatic rings. The molecule has 0 aromatic carbocycles. The Hall–Kier alpha value is -1.85. The number of ether oxygens (including phenoxy) is 1. The van der Waals surface area contributed by atoms with E-state index in [1.807, 2.05) is 18.3 Å². The Kier molecular flexibility index (Phi) is 4.52. The van der Waals surface area contributed by atoms with Gasteiger partial charge in [0.25, 0.3) is 0 Å². The van der Waals surface area contributed by atoms with E-state index in [0.717, 1.165) is 38.5 Å². The molecule has 0 fully saturated rings. The lowest BCUT2D eigenvalue weighted by Crippen LogP contribution is -2.30. The average molecular weight is 287 g/mol. The Labute approximate surface area is 124 Å². The lowest BCUT2D eigenvalue weighted by atomic mass is 10.1. The number of furan rings is 1. The molecule has 1 atom stereocenters. The molecule has 0 N–H and O–H groups in total. The van der Waals surface area contributed by atoms with Gasteiger partial charge in [-0.15, -0.1) is 6.58 Å². The molecular weight excluding hydrogens is 266 g/mol. The van der Waals surface area contributed by atoms with E-state index in [1.54, 1.807) is 12.3 Å². The third-order valence-corrected chi connectivity index (χ3v) is 3.69. The van der Waals surface area contributed by atoms with Crippen LogP contribution in [0, 0.1) is 5.92 Å². The molecular formula is C16H21N3O2. The van der Waals surface area contributed by atoms with Gasteiger partial charge in [0.2, 0.25) is 0 Å². The molecule has 0 saturated heterocycles. The van der Waals surface area contributed by atoms with Crippen molar-refractivity contribution in [3.8, 4) is 0 Å². The third kappa shape index (κ3) is 3.62. The molecule has 5 heteroatoms. The molecule has 3 heterocycles. The number of rotatable bonds is 6. The Morgan fingerprint density at radius 3 is 3.19 bits per heavy atom. The summed E-state index contributed by atoms with van der Waals surface area (Å²) in [6.45, 7) is 8.58. The first-order valence-electron chi connectivity index (χ1n) is 7.29. The van der Waals surface area contributed by atoms with Crippen LogP contribution in [0.1, 0.15) is 11.5 Å². The van der Waals surface area contributed by atoms with Crippen LogP contribution in [0.2, 0.25) is 0 Å². The fourth-order valence-electron chi connectivity index (χ4n) is 2.79. The van der Waals surface area contributed by atoms with Crippen molar-refractivity contribution in [3.05, 3.63) is 54.8 Å². The molecule has 0 unspecified atom stereocenters. The Morgan fingerprint density at radius 1 is 1.43 bits per heavy atom. The van der Waals surface area contributed by atoms with E-state index >= 15 is 0 Å². The molecule has 0 aliphatic carbocycles. The molecule has 1 aliphatic rings. The number of hydrogen-bond donors (Lipinski definition) is 0. The first kappa shape index (κ1) is 14.1. The first-order valence-corrected chi connectivity index (χ1v) is 7.29. The van der Waals surface area contributed by atoms with E-state index in [9.17, 15) is 0 Å². The fraction of sp³-hybridized carbons (Fsp3) is 0.438. The van der Waals surface area contributed by atoms with Crippen molar-refractivity contribution in [2.75, 3.05) is 19.8 Å². The van der Waals surface area contributed by atoms with E-state index in [1.165, 1.54) is 5.69 Å². The van der Waals surface area contributed by atoms with Gasteiger partial charge in [-0.3, -0.25) is 9.58 Å². The molecule has 2 aromatic heterocycles. The van der Waals surface area contributed by atoms with E-state index in [4.69, 9.17) is 9.15 Å². The van der Waals surface area contributed by atoms with Gasteiger partial charge in [-0.05, 0) is 18.2 Å². The molecule has 0 amide bonds. The highest BCUT2D eigenvalue weighted by atomic mass is 16.5. The van der Waals surface area contributed by atoms with Crippen LogP contribution in [0.3, 0.4) is 0 Å². The quantitative estimate of drug-likeness (QED) is 0.604. The topological polar surface area (TPSA) is 43.4 Å². The molecule has 3 rings (SSSR count). The number of fused-ring (bicyclic) bond motifs is 1. The van der Waals surface area contributed by atoms with Crippen LogP contribution in [0.15, 0.2) is 47.7 Å². The van der Waals surface area contributed by atoms with E-state index < -0.39 is 0 Å². The minimum absolute atomic E-state index is 0.418. The van der Waals surface area contributed by atoms with Crippen molar-refractivity contribution >= 4 is 0 Å². The Bertz CT molecular complexity index is 562. The Morgan fingerprint density at radius 2 is 2.38 bits per heavy atom. The lowest BCUT2D eigenvalue weighted by Gasteiger charge is -2.22. The van der Waals surface area contributed by atoms with Crippen LogP contribution in [0.25, 0.3) is 0 Å². The maximum absolute atomic E-state index is 5.64. The Balaban J connectivity index is 1.69. The van der Waals surface area contributed by atoms with E-state index in [2.05, 4.69) is 27.3 Å². The summed E-state index contributed by atoms with van der Waals surface area (Å²) in [5, 5.41) is 4.42. The molecule has 1 aliphatic heterocycles. The van der Waals surface area contributed by atoms with Crippen molar-refractivity contribution in [2.24, 2.45) is 5.92 Å². The SMILES string of the molecule is C=CCOC[C@@H]1CN(Cc2ccco2)Cc2ccnn2C1. The summed E-state index contributed by atoms with van der Waals surface area (Å²) >= 11 is 0. The summed E-state index contributed by atoms with van der Waals surface area (Å²) in [6.07, 6.45) is 5.38. The first-order chi connectivity index (χ1) is 10.3. The monoisotopic (exact) mass is 287 g/mol. The highest BCUT2D eigenvalue weighted by Gasteiger charge is 2.23. The summed E-state index contributed by atoms with van der Waals surface area (Å²) in [5.74, 6) is 1.41. The van der Waals surface area contributed by atoms with Gasteiger partial charge in [0.1, 0.15) is 5.76 Å². The maximum Gasteiger partial charge on any atom is 0.117 e. The van der Waals surface area contributed by atoms with Gasteiger partial charge in [-0.1, -0.05) is 6.08 Å². The zero-order valence-electron chi connectivity index (χ0n) is 12.1. The van der Waals surface area contributed by atoms with Crippen LogP contribution in [-0.4, -0.2) is 34.4 Å². The van der Waals surface area contributed by atoms with Crippen LogP contribution in [0.4, 0.5) is 0 Å². The summed E-state index contributed by atoms with van der Waals surface area (Å²) in [5.41, 5.74) is 1.24. The van der Waals surface area contributed by atoms with Crippen molar-refractivity contribution < 1.29 is 9.15 Å². The maximum atomic E-state index is 5.64. The second-order valence-corrected chi connectivity index (χ2v) is 5.45. The molecule has 0 radical (unpaired) electrons. The van der Waals surface area contributed by atoms with Gasteiger partial charge in [0.05, 0.1) is 31.7 Å². The van der Waals surface area contributed by atoms with Gasteiger partial charge in [0, 0.05) is 31.7 Å². The van der Waals surface area contributed by atoms with Crippen molar-refractivity contribution in [1.82, 2.24) is 14.7 Å². The summed E-state index contributed by atoms with van der Waals surface area (Å²) in [7, 11) is 0. The minimum Gasteiger partial charge on any atom is -0.468 e. The molecule has 5 nitrogen and oxygen atoms in total. The van der Waals surface area contributed by atoms with Crippen LogP contribution >= 0.6 is 0 Å². The van der Waals surface area contributed by atoms with Gasteiger partial charge < -0.3 is 9.15 Å². The molecule has 0 spiro atoms. The summed E-state index contributed by atoms with van der Waals surface area (Å²) in [4.78, 5) is 2.39. The number of nitrogens with zero attached hydrogens (tertiary/aromatic N) is 3. The minimum atomic E-state index is 0.418. The third-order valence-electron chi connectivity index (χ3n) is 3.69. The van der Waals surface area contributed by atoms with Gasteiger partial charge in [-0.2, -0.15) is 5.10 Å². The van der Waals surface area contributed by atoms with Crippen molar-refractivity contribution in [2.45, 2.75) is 19.6 Å². The van der Waals surface area contributed by atoms with E-state index in [-0.39, 0.29) is 0 Å². The van der Waals surface area contributed by atoms with Crippen LogP contribution < -0.4 is 0 Å². The van der Waals surface area contributed by atoms with Crippen LogP contribution in [0.5, 0.6) is 0 Å². The lowest BCUT2D eigenvalue weighted by molar-refractivity contribution is 0.0914. The largest absolute Gasteiger partial charge is 0.468 e. The van der Waals surface area contributed by atoms with E-state index in [0.29, 0.717) is 12.5 Å². The standard InChI is InChI=1S/C16H21N3O2/c1-2-7-20-13-14-9-18(12-16-4-3-8-21-16)11-15-5-6-17-19(15)10-14/h2-6,8,14H,1,7,9-13H2/t14-/m1/s1. The molecule has 0 saturated carbocycles. The zero-order valence-corrected chi connectivity index (χ0v) is 12.1. The van der Waals surface area contributed by atoms with Gasteiger partial charge in [0.15, 0.2) is 0 Å². The normalized spacial score (nSPS) is 19.1. The molecule has 21 heavy (non-hydrogen) atoms. The van der Waals surface area contributed by atoms with Crippen molar-refractivity contribution in [1.29, 1.82) is 0 Å². The second-order valence-electron chi connectivity index (χ2n) is 5.45. The molecule has 112 valence electrons. The fourth-order valence-corrected chi connectivity index (χ4v) is 2.79. The highest BCUT2D eigenvalue weighted by Crippen LogP contribution is 2.18. The van der Waals surface area contributed by atoms with Crippen LogP contribution in [-0.2, 0) is 24.4 Å². The smallest absolute Gasteiger partial charge is 0.117 e. The van der Waals surface area contributed by atoms with Crippen molar-refractivity contribution in [3.63, 3.8) is 0 Å². The highest BCUT2D eigenvalue weighted by molar-refractivity contribution is 5.04. The molecule has 0 bridgehead atoms. The summed E-state index contributed by atoms with van der Waals surface area (Å²) in [6, 6.07) is 6.04. The second kappa shape index (κ2) is 6.74. The number of hydrogen-bond acceptors (Lipinski definition) is 4. The van der Waals surface area contributed by atoms with Gasteiger partial charge in [-0.25, -0.2) is 0 Å². The summed E-state index contributed by atoms with van der Waals surface area (Å²) < 4.78 is 13.2. The van der Waals surface area contributed by atoms with Gasteiger partial charge >= 0.3 is 0 Å². The zero-order chi connectivity index (χ0) is 14.5. The number of aromatic nitrogens is 2. The average Bonchev–Trinajstić information content (AvgIpc) is 3.09. The predicted molar refractivity (Wildman–Crippen MR) is 79.6 cm³/mol.